The van der Waals surface area contributed by atoms with Crippen LogP contribution in [0, 0.1) is 6.92 Å². The number of thiophene rings is 1. The van der Waals surface area contributed by atoms with E-state index in [1.165, 1.54) is 23.1 Å². The lowest BCUT2D eigenvalue weighted by atomic mass is 10.2. The first-order valence-electron chi connectivity index (χ1n) is 8.60. The molecule has 1 aromatic carbocycles. The lowest BCUT2D eigenvalue weighted by molar-refractivity contribution is -0.113. The third-order valence-electron chi connectivity index (χ3n) is 4.06. The molecule has 0 unspecified atom stereocenters. The fourth-order valence-corrected chi connectivity index (χ4v) is 4.36. The van der Waals surface area contributed by atoms with E-state index in [1.807, 2.05) is 48.7 Å². The first-order chi connectivity index (χ1) is 13.6. The van der Waals surface area contributed by atoms with E-state index in [0.717, 1.165) is 11.3 Å². The summed E-state index contributed by atoms with van der Waals surface area (Å²) in [5.41, 5.74) is 2.34. The molecule has 0 aliphatic carbocycles. The maximum Gasteiger partial charge on any atom is 0.272 e. The smallest absolute Gasteiger partial charge is 0.272 e. The normalized spacial score (nSPS) is 11.0. The molecule has 0 aliphatic heterocycles. The molecule has 0 bridgehead atoms. The van der Waals surface area contributed by atoms with Crippen LogP contribution in [-0.2, 0) is 11.3 Å². The van der Waals surface area contributed by atoms with Gasteiger partial charge in [-0.3, -0.25) is 14.2 Å². The van der Waals surface area contributed by atoms with Crippen molar-refractivity contribution in [2.75, 3.05) is 11.1 Å². The zero-order chi connectivity index (χ0) is 19.5. The quantitative estimate of drug-likeness (QED) is 0.381. The van der Waals surface area contributed by atoms with Crippen molar-refractivity contribution in [3.63, 3.8) is 0 Å². The molecule has 0 aliphatic rings. The Morgan fingerprint density at radius 1 is 1.29 bits per heavy atom. The minimum absolute atomic E-state index is 0.127. The second kappa shape index (κ2) is 8.04. The number of aromatic nitrogens is 2. The third kappa shape index (κ3) is 4.02. The van der Waals surface area contributed by atoms with Crippen LogP contribution in [0.4, 0.5) is 5.69 Å². The van der Waals surface area contributed by atoms with E-state index >= 15 is 0 Å². The molecule has 3 heterocycles. The number of thioether (sulfide) groups is 1. The molecule has 4 rings (SSSR count). The molecule has 0 saturated heterocycles. The van der Waals surface area contributed by atoms with Gasteiger partial charge in [-0.2, -0.15) is 0 Å². The molecule has 28 heavy (non-hydrogen) atoms. The highest BCUT2D eigenvalue weighted by Gasteiger charge is 2.15. The van der Waals surface area contributed by atoms with Gasteiger partial charge in [0, 0.05) is 5.69 Å². The van der Waals surface area contributed by atoms with Crippen molar-refractivity contribution in [3.05, 3.63) is 75.8 Å². The number of amides is 1. The van der Waals surface area contributed by atoms with Gasteiger partial charge in [0.15, 0.2) is 5.16 Å². The van der Waals surface area contributed by atoms with Crippen LogP contribution >= 0.6 is 23.1 Å². The van der Waals surface area contributed by atoms with Gasteiger partial charge in [0.1, 0.15) is 10.5 Å². The molecule has 0 spiro atoms. The highest BCUT2D eigenvalue weighted by molar-refractivity contribution is 7.99. The lowest BCUT2D eigenvalue weighted by Crippen LogP contribution is -2.24. The maximum absolute atomic E-state index is 12.9. The average Bonchev–Trinajstić information content (AvgIpc) is 3.34. The summed E-state index contributed by atoms with van der Waals surface area (Å²) < 4.78 is 7.54. The summed E-state index contributed by atoms with van der Waals surface area (Å²) in [6.07, 6.45) is 1.57. The van der Waals surface area contributed by atoms with E-state index in [4.69, 9.17) is 4.42 Å². The molecule has 0 atom stereocenters. The molecule has 4 aromatic rings. The predicted molar refractivity (Wildman–Crippen MR) is 112 cm³/mol. The molecular formula is C20H17N3O3S2. The van der Waals surface area contributed by atoms with Gasteiger partial charge in [-0.05, 0) is 48.2 Å². The van der Waals surface area contributed by atoms with Crippen molar-refractivity contribution < 1.29 is 9.21 Å². The summed E-state index contributed by atoms with van der Waals surface area (Å²) in [6, 6.07) is 13.0. The molecule has 1 amide bonds. The second-order valence-electron chi connectivity index (χ2n) is 6.21. The standard InChI is InChI=1S/C20H17N3O3S2/c1-13-4-2-5-14(10-13)21-17(24)12-28-20-22-16-7-9-27-18(16)19(25)23(20)11-15-6-3-8-26-15/h2-10H,11-12H2,1H3,(H,21,24). The zero-order valence-corrected chi connectivity index (χ0v) is 16.7. The molecular weight excluding hydrogens is 394 g/mol. The molecule has 142 valence electrons. The van der Waals surface area contributed by atoms with Gasteiger partial charge in [0.05, 0.1) is 24.1 Å². The Morgan fingerprint density at radius 2 is 2.18 bits per heavy atom. The first-order valence-corrected chi connectivity index (χ1v) is 10.5. The summed E-state index contributed by atoms with van der Waals surface area (Å²) in [6.45, 7) is 2.24. The first kappa shape index (κ1) is 18.5. The number of hydrogen-bond acceptors (Lipinski definition) is 6. The van der Waals surface area contributed by atoms with E-state index in [2.05, 4.69) is 10.3 Å². The Bertz CT molecular complexity index is 1180. The molecule has 3 aromatic heterocycles. The van der Waals surface area contributed by atoms with Gasteiger partial charge in [-0.15, -0.1) is 11.3 Å². The van der Waals surface area contributed by atoms with E-state index in [0.29, 0.717) is 21.1 Å². The SMILES string of the molecule is Cc1cccc(NC(=O)CSc2nc3ccsc3c(=O)n2Cc2ccco2)c1. The maximum atomic E-state index is 12.9. The van der Waals surface area contributed by atoms with Crippen LogP contribution in [0.5, 0.6) is 0 Å². The highest BCUT2D eigenvalue weighted by atomic mass is 32.2. The fourth-order valence-electron chi connectivity index (χ4n) is 2.78. The number of furan rings is 1. The van der Waals surface area contributed by atoms with Crippen LogP contribution in [0.2, 0.25) is 0 Å². The Labute approximate surface area is 169 Å². The van der Waals surface area contributed by atoms with Gasteiger partial charge in [-0.1, -0.05) is 23.9 Å². The number of carbonyl (C=O) groups excluding carboxylic acids is 1. The van der Waals surface area contributed by atoms with Gasteiger partial charge in [-0.25, -0.2) is 4.98 Å². The Morgan fingerprint density at radius 3 is 2.96 bits per heavy atom. The third-order valence-corrected chi connectivity index (χ3v) is 5.93. The number of rotatable bonds is 6. The monoisotopic (exact) mass is 411 g/mol. The Kier molecular flexibility index (Phi) is 5.31. The predicted octanol–water partition coefficient (Wildman–Crippen LogP) is 4.14. The molecule has 0 saturated carbocycles. The van der Waals surface area contributed by atoms with Crippen LogP contribution < -0.4 is 10.9 Å². The topological polar surface area (TPSA) is 77.1 Å². The summed E-state index contributed by atoms with van der Waals surface area (Å²) in [4.78, 5) is 29.8. The summed E-state index contributed by atoms with van der Waals surface area (Å²) in [5.74, 6) is 0.652. The number of carbonyl (C=O) groups is 1. The Balaban J connectivity index is 1.56. The summed E-state index contributed by atoms with van der Waals surface area (Å²) in [5, 5.41) is 5.21. The average molecular weight is 412 g/mol. The van der Waals surface area contributed by atoms with Crippen LogP contribution in [0.1, 0.15) is 11.3 Å². The van der Waals surface area contributed by atoms with Gasteiger partial charge >= 0.3 is 0 Å². The zero-order valence-electron chi connectivity index (χ0n) is 15.0. The lowest BCUT2D eigenvalue weighted by Gasteiger charge is -2.11. The van der Waals surface area contributed by atoms with Crippen LogP contribution in [0.15, 0.2) is 68.5 Å². The fraction of sp³-hybridized carbons (Fsp3) is 0.150. The number of anilines is 1. The van der Waals surface area contributed by atoms with E-state index in [1.54, 1.807) is 16.9 Å². The van der Waals surface area contributed by atoms with Crippen LogP contribution in [0.3, 0.4) is 0 Å². The van der Waals surface area contributed by atoms with E-state index < -0.39 is 0 Å². The Hall–Kier alpha value is -2.84. The van der Waals surface area contributed by atoms with Crippen molar-refractivity contribution in [2.45, 2.75) is 18.6 Å². The second-order valence-corrected chi connectivity index (χ2v) is 8.06. The number of hydrogen-bond donors (Lipinski definition) is 1. The number of fused-ring (bicyclic) bond motifs is 1. The van der Waals surface area contributed by atoms with Crippen LogP contribution in [0.25, 0.3) is 10.2 Å². The molecule has 0 fully saturated rings. The molecule has 1 N–H and O–H groups in total. The highest BCUT2D eigenvalue weighted by Crippen LogP contribution is 2.22. The number of benzene rings is 1. The molecule has 6 nitrogen and oxygen atoms in total. The van der Waals surface area contributed by atoms with Crippen molar-refractivity contribution in [1.82, 2.24) is 9.55 Å². The number of nitrogens with one attached hydrogen (secondary N) is 1. The van der Waals surface area contributed by atoms with Crippen molar-refractivity contribution in [3.8, 4) is 0 Å². The molecule has 0 radical (unpaired) electrons. The van der Waals surface area contributed by atoms with Gasteiger partial charge in [0.25, 0.3) is 5.56 Å². The van der Waals surface area contributed by atoms with Gasteiger partial charge in [0.2, 0.25) is 5.91 Å². The number of aryl methyl sites for hydroxylation is 1. The largest absolute Gasteiger partial charge is 0.467 e. The number of nitrogens with zero attached hydrogens (tertiary/aromatic N) is 2. The van der Waals surface area contributed by atoms with Crippen molar-refractivity contribution >= 4 is 44.9 Å². The summed E-state index contributed by atoms with van der Waals surface area (Å²) in [7, 11) is 0. The minimum atomic E-state index is -0.153. The van der Waals surface area contributed by atoms with Gasteiger partial charge < -0.3 is 9.73 Å². The van der Waals surface area contributed by atoms with Crippen molar-refractivity contribution in [1.29, 1.82) is 0 Å². The van der Waals surface area contributed by atoms with E-state index in [-0.39, 0.29) is 23.8 Å². The summed E-state index contributed by atoms with van der Waals surface area (Å²) >= 11 is 2.60. The van der Waals surface area contributed by atoms with Crippen LogP contribution in [-0.4, -0.2) is 21.2 Å². The molecule has 8 heteroatoms. The van der Waals surface area contributed by atoms with E-state index in [9.17, 15) is 9.59 Å². The minimum Gasteiger partial charge on any atom is -0.467 e. The van der Waals surface area contributed by atoms with Crippen molar-refractivity contribution in [2.24, 2.45) is 0 Å².